The molecule has 17 heavy (non-hydrogen) atoms. The predicted molar refractivity (Wildman–Crippen MR) is 62.1 cm³/mol. The Morgan fingerprint density at radius 3 is 2.12 bits per heavy atom. The molecule has 1 heterocycles. The average Bonchev–Trinajstić information content (AvgIpc) is 2.66. The fraction of sp³-hybridized carbons (Fsp3) is 0.667. The van der Waals surface area contributed by atoms with Crippen LogP contribution in [0.25, 0.3) is 0 Å². The smallest absolute Gasteiger partial charge is 0.347 e. The molecule has 0 spiro atoms. The minimum absolute atomic E-state index is 0.0121. The quantitative estimate of drug-likeness (QED) is 0.346. The summed E-state index contributed by atoms with van der Waals surface area (Å²) >= 11 is 0. The second-order valence-corrected chi connectivity index (χ2v) is 3.88. The van der Waals surface area contributed by atoms with Crippen molar-refractivity contribution in [3.63, 3.8) is 0 Å². The topological polar surface area (TPSA) is 64.6 Å². The van der Waals surface area contributed by atoms with Gasteiger partial charge in [-0.15, -0.1) is 0 Å². The number of ether oxygens (including phenoxy) is 2. The molecule has 0 bridgehead atoms. The molecule has 1 atom stereocenters. The number of carbonyl (C=O) groups is 2. The third-order valence-electron chi connectivity index (χ3n) is 2.51. The Balaban J connectivity index is 2.93. The Morgan fingerprint density at radius 2 is 1.76 bits per heavy atom. The van der Waals surface area contributed by atoms with E-state index in [0.717, 1.165) is 6.42 Å². The van der Waals surface area contributed by atoms with Crippen LogP contribution in [0.1, 0.15) is 33.6 Å². The molecule has 1 unspecified atom stereocenters. The zero-order valence-corrected chi connectivity index (χ0v) is 10.5. The maximum absolute atomic E-state index is 11.7. The third-order valence-corrected chi connectivity index (χ3v) is 2.51. The van der Waals surface area contributed by atoms with Gasteiger partial charge in [0.05, 0.1) is 13.2 Å². The lowest BCUT2D eigenvalue weighted by atomic mass is 10.1. The maximum atomic E-state index is 11.7. The lowest BCUT2D eigenvalue weighted by molar-refractivity contribution is -0.146. The van der Waals surface area contributed by atoms with Crippen molar-refractivity contribution in [1.29, 1.82) is 0 Å². The summed E-state index contributed by atoms with van der Waals surface area (Å²) in [6, 6.07) is 0.267. The second kappa shape index (κ2) is 6.27. The molecule has 1 N–H and O–H groups in total. The molecule has 0 saturated carbocycles. The minimum Gasteiger partial charge on any atom is -0.462 e. The average molecular weight is 241 g/mol. The van der Waals surface area contributed by atoms with Crippen LogP contribution in [0.3, 0.4) is 0 Å². The Kier molecular flexibility index (Phi) is 5.00. The molecular weight excluding hydrogens is 222 g/mol. The highest BCUT2D eigenvalue weighted by Gasteiger charge is 2.29. The van der Waals surface area contributed by atoms with Crippen molar-refractivity contribution in [3.05, 3.63) is 11.3 Å². The molecule has 0 radical (unpaired) electrons. The van der Waals surface area contributed by atoms with E-state index < -0.39 is 11.9 Å². The minimum atomic E-state index is -0.609. The summed E-state index contributed by atoms with van der Waals surface area (Å²) in [4.78, 5) is 23.5. The van der Waals surface area contributed by atoms with Gasteiger partial charge in [0.25, 0.3) is 0 Å². The number of esters is 2. The summed E-state index contributed by atoms with van der Waals surface area (Å²) in [7, 11) is 0. The summed E-state index contributed by atoms with van der Waals surface area (Å²) in [6.45, 7) is 5.89. The van der Waals surface area contributed by atoms with Crippen LogP contribution in [-0.2, 0) is 19.1 Å². The summed E-state index contributed by atoms with van der Waals surface area (Å²) in [5.41, 5.74) is 0.646. The Morgan fingerprint density at radius 1 is 1.24 bits per heavy atom. The highest BCUT2D eigenvalue weighted by atomic mass is 16.6. The number of nitrogens with one attached hydrogen (secondary N) is 1. The van der Waals surface area contributed by atoms with Crippen LogP contribution in [0.2, 0.25) is 0 Å². The van der Waals surface area contributed by atoms with E-state index in [1.54, 1.807) is 13.8 Å². The molecule has 1 aliphatic rings. The largest absolute Gasteiger partial charge is 0.462 e. The lowest BCUT2D eigenvalue weighted by Gasteiger charge is -2.11. The van der Waals surface area contributed by atoms with Gasteiger partial charge >= 0.3 is 11.9 Å². The zero-order chi connectivity index (χ0) is 12.8. The van der Waals surface area contributed by atoms with E-state index in [0.29, 0.717) is 12.1 Å². The molecular formula is C12H19NO4. The number of carbonyl (C=O) groups excluding carboxylic acids is 2. The molecule has 0 aromatic rings. The van der Waals surface area contributed by atoms with Gasteiger partial charge in [-0.3, -0.25) is 0 Å². The first kappa shape index (κ1) is 13.5. The molecule has 1 aliphatic heterocycles. The van der Waals surface area contributed by atoms with E-state index in [-0.39, 0.29) is 24.8 Å². The normalized spacial score (nSPS) is 18.5. The highest BCUT2D eigenvalue weighted by molar-refractivity contribution is 6.14. The number of allylic oxidation sites excluding steroid dienone is 1. The molecule has 0 aromatic carbocycles. The monoisotopic (exact) mass is 241 g/mol. The van der Waals surface area contributed by atoms with Crippen molar-refractivity contribution in [3.8, 4) is 0 Å². The van der Waals surface area contributed by atoms with Gasteiger partial charge < -0.3 is 14.8 Å². The van der Waals surface area contributed by atoms with E-state index in [4.69, 9.17) is 9.47 Å². The van der Waals surface area contributed by atoms with Crippen LogP contribution in [0.4, 0.5) is 0 Å². The third kappa shape index (κ3) is 3.47. The van der Waals surface area contributed by atoms with Crippen LogP contribution >= 0.6 is 0 Å². The Hall–Kier alpha value is -1.52. The second-order valence-electron chi connectivity index (χ2n) is 3.88. The van der Waals surface area contributed by atoms with E-state index in [9.17, 15) is 9.59 Å². The van der Waals surface area contributed by atoms with Crippen molar-refractivity contribution in [1.82, 2.24) is 5.32 Å². The molecule has 5 heteroatoms. The molecule has 0 aromatic heterocycles. The fourth-order valence-electron chi connectivity index (χ4n) is 1.74. The highest BCUT2D eigenvalue weighted by Crippen LogP contribution is 2.20. The van der Waals surface area contributed by atoms with E-state index in [2.05, 4.69) is 5.32 Å². The van der Waals surface area contributed by atoms with Crippen molar-refractivity contribution in [2.24, 2.45) is 0 Å². The summed E-state index contributed by atoms with van der Waals surface area (Å²) in [5, 5.41) is 3.11. The van der Waals surface area contributed by atoms with Crippen LogP contribution in [0.5, 0.6) is 0 Å². The van der Waals surface area contributed by atoms with Crippen molar-refractivity contribution >= 4 is 11.9 Å². The van der Waals surface area contributed by atoms with Gasteiger partial charge in [0, 0.05) is 11.7 Å². The SMILES string of the molecule is CCOC(=O)C(C(=O)OCC)=C1CCC(C)N1. The molecule has 1 fully saturated rings. The molecule has 1 rings (SSSR count). The summed E-state index contributed by atoms with van der Waals surface area (Å²) < 4.78 is 9.76. The van der Waals surface area contributed by atoms with E-state index >= 15 is 0 Å². The van der Waals surface area contributed by atoms with Crippen molar-refractivity contribution < 1.29 is 19.1 Å². The van der Waals surface area contributed by atoms with Crippen LogP contribution in [0, 0.1) is 0 Å². The molecule has 96 valence electrons. The first-order valence-electron chi connectivity index (χ1n) is 5.94. The van der Waals surface area contributed by atoms with Gasteiger partial charge in [0.1, 0.15) is 0 Å². The summed E-state index contributed by atoms with van der Waals surface area (Å²) in [6.07, 6.45) is 1.58. The zero-order valence-electron chi connectivity index (χ0n) is 10.5. The number of hydrogen-bond acceptors (Lipinski definition) is 5. The standard InChI is InChI=1S/C12H19NO4/c1-4-16-11(14)10(12(15)17-5-2)9-7-6-8(3)13-9/h8,13H,4-7H2,1-3H3. The Bertz CT molecular complexity index is 315. The first-order chi connectivity index (χ1) is 8.10. The lowest BCUT2D eigenvalue weighted by Crippen LogP contribution is -2.25. The van der Waals surface area contributed by atoms with Gasteiger partial charge in [-0.05, 0) is 33.6 Å². The van der Waals surface area contributed by atoms with Crippen molar-refractivity contribution in [2.75, 3.05) is 13.2 Å². The van der Waals surface area contributed by atoms with E-state index in [1.807, 2.05) is 6.92 Å². The van der Waals surface area contributed by atoms with Crippen LogP contribution < -0.4 is 5.32 Å². The van der Waals surface area contributed by atoms with Crippen molar-refractivity contribution in [2.45, 2.75) is 39.7 Å². The fourth-order valence-corrected chi connectivity index (χ4v) is 1.74. The number of rotatable bonds is 4. The van der Waals surface area contributed by atoms with Gasteiger partial charge in [0.2, 0.25) is 0 Å². The van der Waals surface area contributed by atoms with Gasteiger partial charge in [0.15, 0.2) is 5.57 Å². The van der Waals surface area contributed by atoms with Gasteiger partial charge in [-0.25, -0.2) is 9.59 Å². The van der Waals surface area contributed by atoms with Gasteiger partial charge in [-0.2, -0.15) is 0 Å². The molecule has 0 aliphatic carbocycles. The van der Waals surface area contributed by atoms with E-state index in [1.165, 1.54) is 0 Å². The molecule has 1 saturated heterocycles. The van der Waals surface area contributed by atoms with Crippen LogP contribution in [-0.4, -0.2) is 31.2 Å². The van der Waals surface area contributed by atoms with Gasteiger partial charge in [-0.1, -0.05) is 0 Å². The first-order valence-corrected chi connectivity index (χ1v) is 5.94. The molecule has 5 nitrogen and oxygen atoms in total. The Labute approximate surface area is 101 Å². The predicted octanol–water partition coefficient (Wildman–Crippen LogP) is 1.14. The van der Waals surface area contributed by atoms with Crippen LogP contribution in [0.15, 0.2) is 11.3 Å². The number of hydrogen-bond donors (Lipinski definition) is 1. The summed E-state index contributed by atoms with van der Waals surface area (Å²) in [5.74, 6) is -1.22. The molecule has 0 amide bonds. The maximum Gasteiger partial charge on any atom is 0.347 e.